The molecule has 19 heavy (non-hydrogen) atoms. The molecule has 0 radical (unpaired) electrons. The number of hydrogen-bond donors (Lipinski definition) is 2. The van der Waals surface area contributed by atoms with E-state index in [9.17, 15) is 0 Å². The van der Waals surface area contributed by atoms with Crippen molar-refractivity contribution in [1.82, 2.24) is 14.9 Å². The smallest absolute Gasteiger partial charge is 0.203 e. The molecule has 1 saturated heterocycles. The number of nitrogens with zero attached hydrogens (tertiary/aromatic N) is 3. The fraction of sp³-hybridized carbons (Fsp3) is 0.500. The van der Waals surface area contributed by atoms with E-state index in [1.165, 1.54) is 12.8 Å². The van der Waals surface area contributed by atoms with Gasteiger partial charge in [-0.15, -0.1) is 0 Å². The summed E-state index contributed by atoms with van der Waals surface area (Å²) >= 11 is 0. The van der Waals surface area contributed by atoms with E-state index in [1.54, 1.807) is 0 Å². The minimum absolute atomic E-state index is 0.779. The van der Waals surface area contributed by atoms with Crippen molar-refractivity contribution >= 4 is 22.7 Å². The molecule has 2 heterocycles. The molecule has 1 aromatic carbocycles. The van der Waals surface area contributed by atoms with Gasteiger partial charge in [-0.3, -0.25) is 4.90 Å². The fourth-order valence-electron chi connectivity index (χ4n) is 2.90. The summed E-state index contributed by atoms with van der Waals surface area (Å²) in [6.45, 7) is 4.44. The molecule has 2 aromatic rings. The average Bonchev–Trinajstić information content (AvgIpc) is 3.19. The van der Waals surface area contributed by atoms with E-state index in [4.69, 9.17) is 5.73 Å². The lowest BCUT2D eigenvalue weighted by Gasteiger charge is -2.34. The summed E-state index contributed by atoms with van der Waals surface area (Å²) in [6, 6.07) is 6.70. The Hall–Kier alpha value is -1.75. The van der Waals surface area contributed by atoms with Crippen molar-refractivity contribution in [3.05, 3.63) is 18.2 Å². The van der Waals surface area contributed by atoms with Gasteiger partial charge in [-0.2, -0.15) is 0 Å². The number of nitrogens with one attached hydrogen (secondary N) is 1. The second-order valence-electron chi connectivity index (χ2n) is 5.59. The Bertz CT molecular complexity index is 593. The number of anilines is 2. The molecule has 5 nitrogen and oxygen atoms in total. The number of aromatic nitrogens is 2. The van der Waals surface area contributed by atoms with Crippen LogP contribution < -0.4 is 10.6 Å². The van der Waals surface area contributed by atoms with Crippen molar-refractivity contribution in [2.24, 2.45) is 0 Å². The molecular formula is C14H19N5. The predicted molar refractivity (Wildman–Crippen MR) is 77.3 cm³/mol. The predicted octanol–water partition coefficient (Wildman–Crippen LogP) is 1.43. The van der Waals surface area contributed by atoms with E-state index in [-0.39, 0.29) is 0 Å². The fourth-order valence-corrected chi connectivity index (χ4v) is 2.90. The second-order valence-corrected chi connectivity index (χ2v) is 5.59. The molecule has 4 rings (SSSR count). The standard InChI is InChI=1S/C14H19N5/c15-10-1-4-12-13(9-10)17-14(16-12)19-7-5-18(6-8-19)11-2-3-11/h1,4,9,11H,2-3,5-8,15H2,(H,16,17). The summed E-state index contributed by atoms with van der Waals surface area (Å²) in [5.74, 6) is 0.982. The van der Waals surface area contributed by atoms with Crippen LogP contribution in [0.4, 0.5) is 11.6 Å². The van der Waals surface area contributed by atoms with E-state index < -0.39 is 0 Å². The zero-order valence-electron chi connectivity index (χ0n) is 11.0. The Morgan fingerprint density at radius 1 is 1.16 bits per heavy atom. The second kappa shape index (κ2) is 4.13. The van der Waals surface area contributed by atoms with Crippen molar-refractivity contribution in [1.29, 1.82) is 0 Å². The third-order valence-corrected chi connectivity index (χ3v) is 4.17. The third-order valence-electron chi connectivity index (χ3n) is 4.17. The van der Waals surface area contributed by atoms with Crippen LogP contribution in [-0.4, -0.2) is 47.1 Å². The molecule has 2 fully saturated rings. The number of nitrogen functional groups attached to an aromatic ring is 1. The maximum atomic E-state index is 5.80. The van der Waals surface area contributed by atoms with Gasteiger partial charge in [0.25, 0.3) is 0 Å². The third kappa shape index (κ3) is 2.04. The molecule has 1 aliphatic heterocycles. The number of fused-ring (bicyclic) bond motifs is 1. The van der Waals surface area contributed by atoms with Crippen molar-refractivity contribution in [3.8, 4) is 0 Å². The minimum atomic E-state index is 0.779. The molecule has 1 saturated carbocycles. The molecule has 5 heteroatoms. The Morgan fingerprint density at radius 2 is 1.95 bits per heavy atom. The summed E-state index contributed by atoms with van der Waals surface area (Å²) < 4.78 is 0. The first kappa shape index (κ1) is 11.1. The van der Waals surface area contributed by atoms with Crippen LogP contribution in [0.15, 0.2) is 18.2 Å². The van der Waals surface area contributed by atoms with Gasteiger partial charge < -0.3 is 15.6 Å². The van der Waals surface area contributed by atoms with Crippen LogP contribution >= 0.6 is 0 Å². The van der Waals surface area contributed by atoms with E-state index in [1.807, 2.05) is 18.2 Å². The van der Waals surface area contributed by atoms with E-state index in [2.05, 4.69) is 19.8 Å². The van der Waals surface area contributed by atoms with Crippen LogP contribution in [0.1, 0.15) is 12.8 Å². The first-order valence-electron chi connectivity index (χ1n) is 7.04. The number of imidazole rings is 1. The van der Waals surface area contributed by atoms with Gasteiger partial charge in [0.05, 0.1) is 11.0 Å². The summed E-state index contributed by atoms with van der Waals surface area (Å²) in [5, 5.41) is 0. The van der Waals surface area contributed by atoms with Crippen molar-refractivity contribution in [3.63, 3.8) is 0 Å². The molecule has 1 aromatic heterocycles. The lowest BCUT2D eigenvalue weighted by atomic mass is 10.3. The lowest BCUT2D eigenvalue weighted by molar-refractivity contribution is 0.247. The molecule has 0 unspecified atom stereocenters. The maximum absolute atomic E-state index is 5.80. The van der Waals surface area contributed by atoms with Gasteiger partial charge in [-0.1, -0.05) is 0 Å². The van der Waals surface area contributed by atoms with Gasteiger partial charge in [0.2, 0.25) is 5.95 Å². The monoisotopic (exact) mass is 257 g/mol. The largest absolute Gasteiger partial charge is 0.399 e. The normalized spacial score (nSPS) is 21.2. The molecule has 2 aliphatic rings. The highest BCUT2D eigenvalue weighted by Crippen LogP contribution is 2.28. The number of rotatable bonds is 2. The number of H-pyrrole nitrogens is 1. The quantitative estimate of drug-likeness (QED) is 0.799. The Morgan fingerprint density at radius 3 is 2.68 bits per heavy atom. The number of piperazine rings is 1. The topological polar surface area (TPSA) is 61.2 Å². The number of aromatic amines is 1. The van der Waals surface area contributed by atoms with Gasteiger partial charge in [0.1, 0.15) is 0 Å². The zero-order chi connectivity index (χ0) is 12.8. The van der Waals surface area contributed by atoms with Crippen LogP contribution in [-0.2, 0) is 0 Å². The summed E-state index contributed by atoms with van der Waals surface area (Å²) in [6.07, 6.45) is 2.79. The zero-order valence-corrected chi connectivity index (χ0v) is 11.0. The molecule has 0 amide bonds. The summed E-state index contributed by atoms with van der Waals surface area (Å²) in [7, 11) is 0. The van der Waals surface area contributed by atoms with Crippen LogP contribution in [0.3, 0.4) is 0 Å². The Kier molecular flexibility index (Phi) is 2.41. The van der Waals surface area contributed by atoms with Crippen LogP contribution in [0.25, 0.3) is 11.0 Å². The SMILES string of the molecule is Nc1ccc2nc(N3CCN(C4CC4)CC3)[nH]c2c1. The first-order chi connectivity index (χ1) is 9.29. The molecule has 1 aliphatic carbocycles. The number of benzene rings is 1. The van der Waals surface area contributed by atoms with E-state index >= 15 is 0 Å². The minimum Gasteiger partial charge on any atom is -0.399 e. The van der Waals surface area contributed by atoms with Gasteiger partial charge in [0, 0.05) is 37.9 Å². The first-order valence-corrected chi connectivity index (χ1v) is 7.04. The molecular weight excluding hydrogens is 238 g/mol. The Labute approximate surface area is 112 Å². The maximum Gasteiger partial charge on any atom is 0.203 e. The lowest BCUT2D eigenvalue weighted by Crippen LogP contribution is -2.47. The number of nitrogens with two attached hydrogens (primary N) is 1. The summed E-state index contributed by atoms with van der Waals surface area (Å²) in [5.41, 5.74) is 8.60. The van der Waals surface area contributed by atoms with E-state index in [0.717, 1.165) is 54.9 Å². The van der Waals surface area contributed by atoms with Crippen LogP contribution in [0.5, 0.6) is 0 Å². The molecule has 3 N–H and O–H groups in total. The van der Waals surface area contributed by atoms with Gasteiger partial charge >= 0.3 is 0 Å². The van der Waals surface area contributed by atoms with Crippen LogP contribution in [0.2, 0.25) is 0 Å². The molecule has 0 atom stereocenters. The van der Waals surface area contributed by atoms with Crippen molar-refractivity contribution in [2.75, 3.05) is 36.8 Å². The van der Waals surface area contributed by atoms with Crippen molar-refractivity contribution in [2.45, 2.75) is 18.9 Å². The molecule has 0 spiro atoms. The molecule has 0 bridgehead atoms. The van der Waals surface area contributed by atoms with Crippen molar-refractivity contribution < 1.29 is 0 Å². The van der Waals surface area contributed by atoms with E-state index in [0.29, 0.717) is 0 Å². The van der Waals surface area contributed by atoms with Gasteiger partial charge in [0.15, 0.2) is 0 Å². The number of hydrogen-bond acceptors (Lipinski definition) is 4. The highest BCUT2D eigenvalue weighted by atomic mass is 15.3. The highest BCUT2D eigenvalue weighted by molar-refractivity contribution is 5.80. The summed E-state index contributed by atoms with van der Waals surface area (Å²) in [4.78, 5) is 13.0. The van der Waals surface area contributed by atoms with Crippen LogP contribution in [0, 0.1) is 0 Å². The van der Waals surface area contributed by atoms with Gasteiger partial charge in [-0.25, -0.2) is 4.98 Å². The highest BCUT2D eigenvalue weighted by Gasteiger charge is 2.31. The Balaban J connectivity index is 1.54. The molecule has 100 valence electrons. The van der Waals surface area contributed by atoms with Gasteiger partial charge in [-0.05, 0) is 31.0 Å². The average molecular weight is 257 g/mol.